The first kappa shape index (κ1) is 18.9. The van der Waals surface area contributed by atoms with E-state index in [1.165, 1.54) is 31.2 Å². The molecule has 23 heavy (non-hydrogen) atoms. The molecule has 0 aliphatic rings. The number of halogens is 1. The van der Waals surface area contributed by atoms with Gasteiger partial charge in [0.15, 0.2) is 0 Å². The zero-order chi connectivity index (χ0) is 17.6. The predicted octanol–water partition coefficient (Wildman–Crippen LogP) is 2.53. The van der Waals surface area contributed by atoms with Crippen LogP contribution in [0.1, 0.15) is 36.7 Å². The average Bonchev–Trinajstić information content (AvgIpc) is 2.44. The lowest BCUT2D eigenvalue weighted by Crippen LogP contribution is -2.34. The van der Waals surface area contributed by atoms with Gasteiger partial charge in [0.05, 0.1) is 6.54 Å². The Morgan fingerprint density at radius 2 is 1.96 bits per heavy atom. The minimum atomic E-state index is -0.618. The van der Waals surface area contributed by atoms with Gasteiger partial charge < -0.3 is 19.7 Å². The molecule has 128 valence electrons. The number of carbonyl (C=O) groups excluding carboxylic acids is 2. The molecule has 0 unspecified atom stereocenters. The van der Waals surface area contributed by atoms with Gasteiger partial charge in [-0.2, -0.15) is 0 Å². The Balaban J connectivity index is 2.75. The van der Waals surface area contributed by atoms with Crippen LogP contribution < -0.4 is 5.32 Å². The fourth-order valence-electron chi connectivity index (χ4n) is 1.72. The molecule has 0 aliphatic heterocycles. The molecule has 0 aliphatic carbocycles. The van der Waals surface area contributed by atoms with Gasteiger partial charge in [-0.15, -0.1) is 0 Å². The molecular formula is C16H23FN2O4. The molecule has 0 saturated carbocycles. The molecule has 0 aromatic heterocycles. The number of rotatable bonds is 5. The van der Waals surface area contributed by atoms with Crippen molar-refractivity contribution in [3.8, 4) is 0 Å². The summed E-state index contributed by atoms with van der Waals surface area (Å²) < 4.78 is 24.0. The fourth-order valence-corrected chi connectivity index (χ4v) is 1.72. The van der Waals surface area contributed by atoms with Gasteiger partial charge in [-0.05, 0) is 32.9 Å². The highest BCUT2D eigenvalue weighted by Crippen LogP contribution is 2.15. The van der Waals surface area contributed by atoms with Crippen molar-refractivity contribution in [3.63, 3.8) is 0 Å². The number of carbonyl (C=O) groups is 2. The first-order valence-electron chi connectivity index (χ1n) is 7.13. The van der Waals surface area contributed by atoms with E-state index in [0.717, 1.165) is 6.07 Å². The van der Waals surface area contributed by atoms with E-state index < -0.39 is 23.4 Å². The number of benzene rings is 1. The number of methoxy groups -OCH3 is 1. The third-order valence-corrected chi connectivity index (χ3v) is 2.81. The zero-order valence-electron chi connectivity index (χ0n) is 14.1. The van der Waals surface area contributed by atoms with Crippen LogP contribution in [0, 0.1) is 5.82 Å². The largest absolute Gasteiger partial charge is 0.444 e. The lowest BCUT2D eigenvalue weighted by molar-refractivity contribution is 0.0283. The lowest BCUT2D eigenvalue weighted by atomic mass is 10.1. The second kappa shape index (κ2) is 7.92. The molecule has 0 heterocycles. The van der Waals surface area contributed by atoms with Crippen molar-refractivity contribution < 1.29 is 23.5 Å². The van der Waals surface area contributed by atoms with Crippen molar-refractivity contribution in [2.24, 2.45) is 0 Å². The number of hydrogen-bond donors (Lipinski definition) is 1. The molecule has 2 amide bonds. The Morgan fingerprint density at radius 3 is 2.48 bits per heavy atom. The van der Waals surface area contributed by atoms with Crippen LogP contribution in [0.4, 0.5) is 9.18 Å². The standard InChI is InChI=1S/C16H23FN2O4/c1-16(2,3)23-15(21)19(4)9-12-7-6-11(8-13(12)17)14(20)18-10-22-5/h6-8H,9-10H2,1-5H3,(H,18,20). The Labute approximate surface area is 135 Å². The minimum absolute atomic E-state index is 0.0424. The SMILES string of the molecule is COCNC(=O)c1ccc(CN(C)C(=O)OC(C)(C)C)c(F)c1. The van der Waals surface area contributed by atoms with E-state index in [9.17, 15) is 14.0 Å². The van der Waals surface area contributed by atoms with Crippen molar-refractivity contribution in [2.75, 3.05) is 20.9 Å². The van der Waals surface area contributed by atoms with Crippen LogP contribution in [0.25, 0.3) is 0 Å². The van der Waals surface area contributed by atoms with Crippen molar-refractivity contribution in [1.29, 1.82) is 0 Å². The van der Waals surface area contributed by atoms with E-state index in [1.807, 2.05) is 0 Å². The van der Waals surface area contributed by atoms with E-state index >= 15 is 0 Å². The van der Waals surface area contributed by atoms with Crippen LogP contribution in [0.5, 0.6) is 0 Å². The van der Waals surface area contributed by atoms with E-state index in [4.69, 9.17) is 9.47 Å². The van der Waals surface area contributed by atoms with Crippen LogP contribution in [0.3, 0.4) is 0 Å². The van der Waals surface area contributed by atoms with E-state index in [1.54, 1.807) is 20.8 Å². The summed E-state index contributed by atoms with van der Waals surface area (Å²) in [6.07, 6.45) is -0.543. The molecule has 1 aromatic carbocycles. The monoisotopic (exact) mass is 326 g/mol. The summed E-state index contributed by atoms with van der Waals surface area (Å²) in [5.74, 6) is -0.997. The van der Waals surface area contributed by atoms with Gasteiger partial charge in [-0.25, -0.2) is 9.18 Å². The molecule has 7 heteroatoms. The maximum atomic E-state index is 14.1. The summed E-state index contributed by atoms with van der Waals surface area (Å²) in [6, 6.07) is 4.09. The predicted molar refractivity (Wildman–Crippen MR) is 83.4 cm³/mol. The maximum Gasteiger partial charge on any atom is 0.410 e. The molecule has 0 spiro atoms. The Morgan fingerprint density at radius 1 is 1.30 bits per heavy atom. The zero-order valence-corrected chi connectivity index (χ0v) is 14.1. The smallest absolute Gasteiger partial charge is 0.410 e. The summed E-state index contributed by atoms with van der Waals surface area (Å²) in [4.78, 5) is 24.9. The first-order chi connectivity index (χ1) is 10.6. The van der Waals surface area contributed by atoms with Crippen LogP contribution >= 0.6 is 0 Å². The molecule has 0 saturated heterocycles. The highest BCUT2D eigenvalue weighted by atomic mass is 19.1. The number of amides is 2. The molecule has 0 radical (unpaired) electrons. The maximum absolute atomic E-state index is 14.1. The Kier molecular flexibility index (Phi) is 6.50. The van der Waals surface area contributed by atoms with E-state index in [0.29, 0.717) is 5.56 Å². The highest BCUT2D eigenvalue weighted by molar-refractivity contribution is 5.94. The molecule has 1 N–H and O–H groups in total. The number of hydrogen-bond acceptors (Lipinski definition) is 4. The highest BCUT2D eigenvalue weighted by Gasteiger charge is 2.20. The van der Waals surface area contributed by atoms with Gasteiger partial charge in [0.2, 0.25) is 0 Å². The van der Waals surface area contributed by atoms with Gasteiger partial charge in [-0.1, -0.05) is 6.07 Å². The van der Waals surface area contributed by atoms with Crippen molar-refractivity contribution in [1.82, 2.24) is 10.2 Å². The van der Waals surface area contributed by atoms with E-state index in [2.05, 4.69) is 5.32 Å². The summed E-state index contributed by atoms with van der Waals surface area (Å²) >= 11 is 0. The molecule has 0 fully saturated rings. The van der Waals surface area contributed by atoms with Crippen molar-refractivity contribution in [2.45, 2.75) is 32.9 Å². The van der Waals surface area contributed by atoms with Crippen molar-refractivity contribution >= 4 is 12.0 Å². The quantitative estimate of drug-likeness (QED) is 0.844. The Bertz CT molecular complexity index is 570. The van der Waals surface area contributed by atoms with Gasteiger partial charge in [0.1, 0.15) is 18.1 Å². The van der Waals surface area contributed by atoms with Gasteiger partial charge >= 0.3 is 6.09 Å². The first-order valence-corrected chi connectivity index (χ1v) is 7.13. The second-order valence-corrected chi connectivity index (χ2v) is 6.08. The van der Waals surface area contributed by atoms with Gasteiger partial charge in [-0.3, -0.25) is 4.79 Å². The second-order valence-electron chi connectivity index (χ2n) is 6.08. The lowest BCUT2D eigenvalue weighted by Gasteiger charge is -2.24. The molecule has 0 atom stereocenters. The Hall–Kier alpha value is -2.15. The number of ether oxygens (including phenoxy) is 2. The third kappa shape index (κ3) is 6.23. The van der Waals surface area contributed by atoms with E-state index in [-0.39, 0.29) is 18.8 Å². The summed E-state index contributed by atoms with van der Waals surface area (Å²) in [7, 11) is 2.96. The van der Waals surface area contributed by atoms with Crippen LogP contribution in [-0.2, 0) is 16.0 Å². The molecule has 6 nitrogen and oxygen atoms in total. The minimum Gasteiger partial charge on any atom is -0.444 e. The van der Waals surface area contributed by atoms with Crippen LogP contribution in [-0.4, -0.2) is 43.4 Å². The topological polar surface area (TPSA) is 67.9 Å². The van der Waals surface area contributed by atoms with Crippen molar-refractivity contribution in [3.05, 3.63) is 35.1 Å². The third-order valence-electron chi connectivity index (χ3n) is 2.81. The van der Waals surface area contributed by atoms with Gasteiger partial charge in [0, 0.05) is 25.3 Å². The fraction of sp³-hybridized carbons (Fsp3) is 0.500. The normalized spacial score (nSPS) is 11.0. The van der Waals surface area contributed by atoms with Crippen LogP contribution in [0.2, 0.25) is 0 Å². The summed E-state index contributed by atoms with van der Waals surface area (Å²) in [5.41, 5.74) is -0.141. The number of nitrogens with zero attached hydrogens (tertiary/aromatic N) is 1. The van der Waals surface area contributed by atoms with Gasteiger partial charge in [0.25, 0.3) is 5.91 Å². The number of nitrogens with one attached hydrogen (secondary N) is 1. The molecule has 0 bridgehead atoms. The molecular weight excluding hydrogens is 303 g/mol. The average molecular weight is 326 g/mol. The molecule has 1 rings (SSSR count). The summed E-state index contributed by atoms with van der Waals surface area (Å²) in [5, 5.41) is 2.47. The van der Waals surface area contributed by atoms with Crippen LogP contribution in [0.15, 0.2) is 18.2 Å². The molecule has 1 aromatic rings. The summed E-state index contributed by atoms with van der Waals surface area (Å²) in [6.45, 7) is 5.36.